The Bertz CT molecular complexity index is 1200. The van der Waals surface area contributed by atoms with Gasteiger partial charge in [0.1, 0.15) is 5.25 Å². The van der Waals surface area contributed by atoms with Gasteiger partial charge in [-0.25, -0.2) is 4.79 Å². The van der Waals surface area contributed by atoms with Crippen molar-refractivity contribution in [2.45, 2.75) is 17.1 Å². The second-order valence-electron chi connectivity index (χ2n) is 7.00. The normalized spacial score (nSPS) is 11.7. The van der Waals surface area contributed by atoms with Crippen LogP contribution in [0, 0.1) is 6.92 Å². The van der Waals surface area contributed by atoms with E-state index in [2.05, 4.69) is 10.6 Å². The van der Waals surface area contributed by atoms with Gasteiger partial charge in [0, 0.05) is 33.4 Å². The highest BCUT2D eigenvalue weighted by Crippen LogP contribution is 2.37. The van der Waals surface area contributed by atoms with Crippen molar-refractivity contribution in [2.75, 3.05) is 10.6 Å². The molecule has 8 heteroatoms. The predicted molar refractivity (Wildman–Crippen MR) is 132 cm³/mol. The Labute approximate surface area is 200 Å². The molecule has 1 unspecified atom stereocenters. The average Bonchev–Trinajstić information content (AvgIpc) is 2.80. The number of hydrogen-bond donors (Lipinski definition) is 3. The summed E-state index contributed by atoms with van der Waals surface area (Å²) in [5, 5.41) is 14.2. The molecule has 168 valence electrons. The van der Waals surface area contributed by atoms with Gasteiger partial charge in [-0.2, -0.15) is 0 Å². The number of halogens is 1. The Morgan fingerprint density at radius 2 is 1.67 bits per heavy atom. The quantitative estimate of drug-likeness (QED) is 0.284. The fraction of sp³-hybridized carbons (Fsp3) is 0.0800. The molecule has 0 saturated carbocycles. The molecule has 6 nitrogen and oxygen atoms in total. The van der Waals surface area contributed by atoms with E-state index in [0.717, 1.165) is 28.2 Å². The Hall–Kier alpha value is -3.55. The summed E-state index contributed by atoms with van der Waals surface area (Å²) in [7, 11) is 0. The zero-order valence-electron chi connectivity index (χ0n) is 17.6. The number of benzene rings is 3. The van der Waals surface area contributed by atoms with Crippen LogP contribution in [0.5, 0.6) is 0 Å². The SMILES string of the molecule is Cc1c(Cl)cccc1NC(=O)C(Sc1cccc(NC(=O)/C=C/C(=O)O)c1)c1ccccc1. The molecular formula is C25H21ClN2O4S. The van der Waals surface area contributed by atoms with Gasteiger partial charge >= 0.3 is 5.97 Å². The molecule has 3 aromatic carbocycles. The maximum atomic E-state index is 13.3. The van der Waals surface area contributed by atoms with Gasteiger partial charge in [0.05, 0.1) is 0 Å². The summed E-state index contributed by atoms with van der Waals surface area (Å²) in [5.74, 6) is -1.98. The fourth-order valence-corrected chi connectivity index (χ4v) is 4.21. The minimum absolute atomic E-state index is 0.213. The number of carbonyl (C=O) groups excluding carboxylic acids is 2. The summed E-state index contributed by atoms with van der Waals surface area (Å²) in [6.45, 7) is 1.84. The standard InChI is InChI=1S/C25H21ClN2O4S/c1-16-20(26)11-6-12-21(16)28-25(32)24(17-7-3-2-4-8-17)33-19-10-5-9-18(15-19)27-22(29)13-14-23(30)31/h2-15,24H,1H3,(H,27,29)(H,28,32)(H,30,31)/b14-13+. The van der Waals surface area contributed by atoms with E-state index in [0.29, 0.717) is 16.4 Å². The summed E-state index contributed by atoms with van der Waals surface area (Å²) in [6, 6.07) is 21.7. The van der Waals surface area contributed by atoms with Gasteiger partial charge in [-0.05, 0) is 48.4 Å². The van der Waals surface area contributed by atoms with Crippen LogP contribution in [0.2, 0.25) is 5.02 Å². The predicted octanol–water partition coefficient (Wildman–Crippen LogP) is 5.70. The largest absolute Gasteiger partial charge is 0.478 e. The molecule has 2 amide bonds. The van der Waals surface area contributed by atoms with Crippen LogP contribution in [0.25, 0.3) is 0 Å². The zero-order chi connectivity index (χ0) is 23.8. The maximum absolute atomic E-state index is 13.3. The highest BCUT2D eigenvalue weighted by Gasteiger charge is 2.23. The molecule has 0 bridgehead atoms. The number of carbonyl (C=O) groups is 3. The number of anilines is 2. The summed E-state index contributed by atoms with van der Waals surface area (Å²) in [4.78, 5) is 36.5. The van der Waals surface area contributed by atoms with Gasteiger partial charge in [-0.1, -0.05) is 54.1 Å². The second-order valence-corrected chi connectivity index (χ2v) is 8.58. The third kappa shape index (κ3) is 6.97. The number of carboxylic acids is 1. The summed E-state index contributed by atoms with van der Waals surface area (Å²) < 4.78 is 0. The van der Waals surface area contributed by atoms with Gasteiger partial charge in [0.15, 0.2) is 0 Å². The molecule has 3 aromatic rings. The Morgan fingerprint density at radius 3 is 2.39 bits per heavy atom. The number of rotatable bonds is 8. The van der Waals surface area contributed by atoms with Crippen molar-refractivity contribution in [1.29, 1.82) is 0 Å². The lowest BCUT2D eigenvalue weighted by Crippen LogP contribution is -2.19. The summed E-state index contributed by atoms with van der Waals surface area (Å²) in [5.41, 5.74) is 2.72. The number of carboxylic acid groups (broad SMARTS) is 1. The van der Waals surface area contributed by atoms with Gasteiger partial charge in [0.2, 0.25) is 11.8 Å². The van der Waals surface area contributed by atoms with Crippen molar-refractivity contribution in [2.24, 2.45) is 0 Å². The van der Waals surface area contributed by atoms with Gasteiger partial charge < -0.3 is 15.7 Å². The van der Waals surface area contributed by atoms with E-state index in [9.17, 15) is 14.4 Å². The summed E-state index contributed by atoms with van der Waals surface area (Å²) >= 11 is 7.52. The van der Waals surface area contributed by atoms with Crippen LogP contribution < -0.4 is 10.6 Å². The molecule has 0 fully saturated rings. The topological polar surface area (TPSA) is 95.5 Å². The highest BCUT2D eigenvalue weighted by atomic mass is 35.5. The van der Waals surface area contributed by atoms with E-state index in [1.165, 1.54) is 11.8 Å². The molecule has 0 saturated heterocycles. The molecule has 0 aromatic heterocycles. The Kier molecular flexibility index (Phi) is 8.29. The highest BCUT2D eigenvalue weighted by molar-refractivity contribution is 8.00. The average molecular weight is 481 g/mol. The maximum Gasteiger partial charge on any atom is 0.328 e. The van der Waals surface area contributed by atoms with E-state index >= 15 is 0 Å². The number of thioether (sulfide) groups is 1. The van der Waals surface area contributed by atoms with Crippen LogP contribution in [-0.4, -0.2) is 22.9 Å². The molecule has 1 atom stereocenters. The van der Waals surface area contributed by atoms with Crippen molar-refractivity contribution in [3.8, 4) is 0 Å². The van der Waals surface area contributed by atoms with Crippen molar-refractivity contribution >= 4 is 52.5 Å². The monoisotopic (exact) mass is 480 g/mol. The first-order chi connectivity index (χ1) is 15.8. The van der Waals surface area contributed by atoms with Gasteiger partial charge in [-0.15, -0.1) is 11.8 Å². The van der Waals surface area contributed by atoms with Crippen LogP contribution in [0.15, 0.2) is 89.8 Å². The van der Waals surface area contributed by atoms with Gasteiger partial charge in [-0.3, -0.25) is 9.59 Å². The Morgan fingerprint density at radius 1 is 0.939 bits per heavy atom. The third-order valence-electron chi connectivity index (χ3n) is 4.60. The van der Waals surface area contributed by atoms with Crippen molar-refractivity contribution in [1.82, 2.24) is 0 Å². The van der Waals surface area contributed by atoms with Crippen molar-refractivity contribution < 1.29 is 19.5 Å². The molecule has 0 aliphatic heterocycles. The van der Waals surface area contributed by atoms with E-state index < -0.39 is 17.1 Å². The van der Waals surface area contributed by atoms with E-state index in [-0.39, 0.29) is 5.91 Å². The minimum atomic E-state index is -1.21. The van der Waals surface area contributed by atoms with Crippen LogP contribution in [0.1, 0.15) is 16.4 Å². The van der Waals surface area contributed by atoms with Crippen LogP contribution in [0.3, 0.4) is 0 Å². The number of aliphatic carboxylic acids is 1. The summed E-state index contributed by atoms with van der Waals surface area (Å²) in [6.07, 6.45) is 1.71. The molecule has 0 aliphatic carbocycles. The fourth-order valence-electron chi connectivity index (χ4n) is 2.96. The lowest BCUT2D eigenvalue weighted by molar-refractivity contribution is -0.131. The van der Waals surface area contributed by atoms with Gasteiger partial charge in [0.25, 0.3) is 0 Å². The van der Waals surface area contributed by atoms with Crippen LogP contribution in [-0.2, 0) is 14.4 Å². The lowest BCUT2D eigenvalue weighted by atomic mass is 10.1. The first kappa shape index (κ1) is 24.1. The van der Waals surface area contributed by atoms with E-state index in [1.807, 2.05) is 43.3 Å². The third-order valence-corrected chi connectivity index (χ3v) is 6.26. The molecule has 0 heterocycles. The number of amides is 2. The smallest absolute Gasteiger partial charge is 0.328 e. The van der Waals surface area contributed by atoms with E-state index in [4.69, 9.17) is 16.7 Å². The first-order valence-electron chi connectivity index (χ1n) is 9.93. The molecule has 0 aliphatic rings. The molecule has 0 spiro atoms. The van der Waals surface area contributed by atoms with E-state index in [1.54, 1.807) is 36.4 Å². The first-order valence-corrected chi connectivity index (χ1v) is 11.2. The Balaban J connectivity index is 1.83. The van der Waals surface area contributed by atoms with Crippen molar-refractivity contribution in [3.63, 3.8) is 0 Å². The molecule has 3 rings (SSSR count). The number of nitrogens with one attached hydrogen (secondary N) is 2. The molecule has 33 heavy (non-hydrogen) atoms. The molecule has 0 radical (unpaired) electrons. The lowest BCUT2D eigenvalue weighted by Gasteiger charge is -2.18. The van der Waals surface area contributed by atoms with Crippen molar-refractivity contribution in [3.05, 3.63) is 101 Å². The second kappa shape index (κ2) is 11.4. The number of hydrogen-bond acceptors (Lipinski definition) is 4. The van der Waals surface area contributed by atoms with Crippen LogP contribution in [0.4, 0.5) is 11.4 Å². The molecule has 3 N–H and O–H groups in total. The van der Waals surface area contributed by atoms with Crippen LogP contribution >= 0.6 is 23.4 Å². The zero-order valence-corrected chi connectivity index (χ0v) is 19.2. The minimum Gasteiger partial charge on any atom is -0.478 e. The molecular weight excluding hydrogens is 460 g/mol.